The molecule has 1 aromatic heterocycles. The zero-order valence-corrected chi connectivity index (χ0v) is 10.1. The Balaban J connectivity index is 2.33. The van der Waals surface area contributed by atoms with Gasteiger partial charge in [-0.2, -0.15) is 11.8 Å². The van der Waals surface area contributed by atoms with Gasteiger partial charge in [0.25, 0.3) is 0 Å². The number of hydrogen-bond acceptors (Lipinski definition) is 4. The van der Waals surface area contributed by atoms with E-state index < -0.39 is 0 Å². The van der Waals surface area contributed by atoms with Crippen LogP contribution in [0, 0.1) is 11.7 Å². The molecule has 0 amide bonds. The van der Waals surface area contributed by atoms with Crippen LogP contribution in [0.1, 0.15) is 12.5 Å². The first-order valence-electron chi connectivity index (χ1n) is 4.88. The molecule has 1 aromatic rings. The van der Waals surface area contributed by atoms with E-state index in [0.717, 1.165) is 5.56 Å². The third-order valence-electron chi connectivity index (χ3n) is 2.00. The second-order valence-corrected chi connectivity index (χ2v) is 4.48. The van der Waals surface area contributed by atoms with Crippen molar-refractivity contribution in [2.75, 3.05) is 12.9 Å². The summed E-state index contributed by atoms with van der Waals surface area (Å²) in [5.74, 6) is 0.607. The molecule has 1 atom stereocenters. The highest BCUT2D eigenvalue weighted by molar-refractivity contribution is 7.98. The predicted octanol–water partition coefficient (Wildman–Crippen LogP) is 2.26. The Bertz CT molecular complexity index is 360. The number of ether oxygens (including phenoxy) is 1. The molecule has 0 spiro atoms. The molecule has 0 aliphatic rings. The van der Waals surface area contributed by atoms with Crippen LogP contribution in [0.5, 0.6) is 0 Å². The van der Waals surface area contributed by atoms with E-state index in [1.807, 2.05) is 6.92 Å². The van der Waals surface area contributed by atoms with Crippen molar-refractivity contribution in [1.82, 2.24) is 4.98 Å². The summed E-state index contributed by atoms with van der Waals surface area (Å²) in [4.78, 5) is 14.9. The zero-order chi connectivity index (χ0) is 12.0. The van der Waals surface area contributed by atoms with Crippen LogP contribution in [-0.4, -0.2) is 23.8 Å². The number of carbonyl (C=O) groups excluding carboxylic acids is 1. The highest BCUT2D eigenvalue weighted by Crippen LogP contribution is 2.16. The van der Waals surface area contributed by atoms with Gasteiger partial charge in [0.05, 0.1) is 19.2 Å². The van der Waals surface area contributed by atoms with Gasteiger partial charge in [-0.3, -0.25) is 9.78 Å². The van der Waals surface area contributed by atoms with E-state index in [4.69, 9.17) is 0 Å². The number of methoxy groups -OCH3 is 1. The molecule has 1 heterocycles. The summed E-state index contributed by atoms with van der Waals surface area (Å²) >= 11 is 1.56. The topological polar surface area (TPSA) is 39.2 Å². The fraction of sp³-hybridized carbons (Fsp3) is 0.455. The van der Waals surface area contributed by atoms with Gasteiger partial charge in [-0.05, 0) is 11.6 Å². The molecule has 1 unspecified atom stereocenters. The fourth-order valence-corrected chi connectivity index (χ4v) is 2.16. The first kappa shape index (κ1) is 13.0. The second-order valence-electron chi connectivity index (χ2n) is 3.45. The molecule has 0 N–H and O–H groups in total. The van der Waals surface area contributed by atoms with Crippen molar-refractivity contribution in [2.45, 2.75) is 12.7 Å². The summed E-state index contributed by atoms with van der Waals surface area (Å²) in [6, 6.07) is 1.45. The van der Waals surface area contributed by atoms with Crippen LogP contribution in [0.15, 0.2) is 18.5 Å². The van der Waals surface area contributed by atoms with Crippen LogP contribution in [0.4, 0.5) is 4.39 Å². The molecule has 88 valence electrons. The van der Waals surface area contributed by atoms with Gasteiger partial charge in [-0.15, -0.1) is 0 Å². The van der Waals surface area contributed by atoms with Crippen molar-refractivity contribution < 1.29 is 13.9 Å². The maximum absolute atomic E-state index is 12.8. The molecule has 0 fully saturated rings. The summed E-state index contributed by atoms with van der Waals surface area (Å²) in [5, 5.41) is 0. The molecule has 16 heavy (non-hydrogen) atoms. The van der Waals surface area contributed by atoms with Crippen LogP contribution < -0.4 is 0 Å². The van der Waals surface area contributed by atoms with Crippen LogP contribution in [-0.2, 0) is 15.3 Å². The number of aromatic nitrogens is 1. The lowest BCUT2D eigenvalue weighted by molar-refractivity contribution is -0.143. The number of esters is 1. The SMILES string of the molecule is COC(=O)C(C)CSCc1cncc(F)c1. The van der Waals surface area contributed by atoms with E-state index in [-0.39, 0.29) is 17.7 Å². The van der Waals surface area contributed by atoms with E-state index >= 15 is 0 Å². The Labute approximate surface area is 98.4 Å². The number of carbonyl (C=O) groups is 1. The lowest BCUT2D eigenvalue weighted by Gasteiger charge is -2.08. The number of hydrogen-bond donors (Lipinski definition) is 0. The van der Waals surface area contributed by atoms with Crippen LogP contribution in [0.3, 0.4) is 0 Å². The quantitative estimate of drug-likeness (QED) is 0.744. The number of thioether (sulfide) groups is 1. The first-order chi connectivity index (χ1) is 7.63. The van der Waals surface area contributed by atoms with Gasteiger partial charge >= 0.3 is 5.97 Å². The van der Waals surface area contributed by atoms with Crippen molar-refractivity contribution in [2.24, 2.45) is 5.92 Å². The summed E-state index contributed by atoms with van der Waals surface area (Å²) in [6.45, 7) is 1.81. The second kappa shape index (κ2) is 6.48. The molecule has 5 heteroatoms. The molecule has 0 aliphatic carbocycles. The lowest BCUT2D eigenvalue weighted by atomic mass is 10.2. The number of nitrogens with zero attached hydrogens (tertiary/aromatic N) is 1. The maximum Gasteiger partial charge on any atom is 0.309 e. The van der Waals surface area contributed by atoms with Gasteiger partial charge in [0.1, 0.15) is 5.82 Å². The Morgan fingerprint density at radius 3 is 3.00 bits per heavy atom. The zero-order valence-electron chi connectivity index (χ0n) is 9.27. The van der Waals surface area contributed by atoms with E-state index in [2.05, 4.69) is 9.72 Å². The molecule has 3 nitrogen and oxygen atoms in total. The van der Waals surface area contributed by atoms with Gasteiger partial charge in [-0.25, -0.2) is 4.39 Å². The van der Waals surface area contributed by atoms with Crippen molar-refractivity contribution >= 4 is 17.7 Å². The van der Waals surface area contributed by atoms with Gasteiger partial charge in [0, 0.05) is 17.7 Å². The molecule has 0 saturated heterocycles. The highest BCUT2D eigenvalue weighted by Gasteiger charge is 2.12. The smallest absolute Gasteiger partial charge is 0.309 e. The molecule has 0 aliphatic heterocycles. The Hall–Kier alpha value is -1.10. The van der Waals surface area contributed by atoms with E-state index in [0.29, 0.717) is 11.5 Å². The summed E-state index contributed by atoms with van der Waals surface area (Å²) in [7, 11) is 1.37. The molecule has 0 radical (unpaired) electrons. The molecule has 1 rings (SSSR count). The number of halogens is 1. The maximum atomic E-state index is 12.8. The fourth-order valence-electron chi connectivity index (χ4n) is 1.16. The largest absolute Gasteiger partial charge is 0.469 e. The summed E-state index contributed by atoms with van der Waals surface area (Å²) in [5.41, 5.74) is 0.821. The summed E-state index contributed by atoms with van der Waals surface area (Å²) in [6.07, 6.45) is 2.80. The monoisotopic (exact) mass is 243 g/mol. The van der Waals surface area contributed by atoms with Crippen LogP contribution >= 0.6 is 11.8 Å². The summed E-state index contributed by atoms with van der Waals surface area (Å²) < 4.78 is 17.4. The van der Waals surface area contributed by atoms with E-state index in [9.17, 15) is 9.18 Å². The van der Waals surface area contributed by atoms with Crippen LogP contribution in [0.2, 0.25) is 0 Å². The molecule has 0 aromatic carbocycles. The van der Waals surface area contributed by atoms with Gasteiger partial charge < -0.3 is 4.74 Å². The molecule has 0 saturated carbocycles. The van der Waals surface area contributed by atoms with Gasteiger partial charge in [0.2, 0.25) is 0 Å². The normalized spacial score (nSPS) is 12.2. The number of pyridine rings is 1. The van der Waals surface area contributed by atoms with Crippen molar-refractivity contribution in [3.8, 4) is 0 Å². The van der Waals surface area contributed by atoms with Crippen molar-refractivity contribution in [3.05, 3.63) is 29.8 Å². The minimum atomic E-state index is -0.334. The third-order valence-corrected chi connectivity index (χ3v) is 3.27. The Kier molecular flexibility index (Phi) is 5.25. The van der Waals surface area contributed by atoms with E-state index in [1.165, 1.54) is 19.4 Å². The van der Waals surface area contributed by atoms with Crippen molar-refractivity contribution in [3.63, 3.8) is 0 Å². The minimum absolute atomic E-state index is 0.142. The standard InChI is InChI=1S/C11H14FNO2S/c1-8(11(14)15-2)6-16-7-9-3-10(12)5-13-4-9/h3-5,8H,6-7H2,1-2H3. The third kappa shape index (κ3) is 4.18. The van der Waals surface area contributed by atoms with Gasteiger partial charge in [0.15, 0.2) is 0 Å². The highest BCUT2D eigenvalue weighted by atomic mass is 32.2. The van der Waals surface area contributed by atoms with Gasteiger partial charge in [-0.1, -0.05) is 6.92 Å². The Morgan fingerprint density at radius 1 is 1.62 bits per heavy atom. The molecular weight excluding hydrogens is 229 g/mol. The van der Waals surface area contributed by atoms with Crippen LogP contribution in [0.25, 0.3) is 0 Å². The van der Waals surface area contributed by atoms with Crippen molar-refractivity contribution in [1.29, 1.82) is 0 Å². The van der Waals surface area contributed by atoms with E-state index in [1.54, 1.807) is 18.0 Å². The molecule has 0 bridgehead atoms. The minimum Gasteiger partial charge on any atom is -0.469 e. The first-order valence-corrected chi connectivity index (χ1v) is 6.04. The predicted molar refractivity (Wildman–Crippen MR) is 61.5 cm³/mol. The lowest BCUT2D eigenvalue weighted by Crippen LogP contribution is -2.14. The molecular formula is C11H14FNO2S. The average Bonchev–Trinajstić information content (AvgIpc) is 2.28. The number of rotatable bonds is 5. The Morgan fingerprint density at radius 2 is 2.38 bits per heavy atom. The average molecular weight is 243 g/mol.